The Kier molecular flexibility index (Phi) is 8.89. The minimum atomic E-state index is -0.808. The molecule has 0 atom stereocenters. The summed E-state index contributed by atoms with van der Waals surface area (Å²) in [4.78, 5) is 58.3. The lowest BCUT2D eigenvalue weighted by molar-refractivity contribution is -0.142. The van der Waals surface area contributed by atoms with Crippen molar-refractivity contribution in [1.29, 1.82) is 0 Å². The summed E-state index contributed by atoms with van der Waals surface area (Å²) in [6, 6.07) is 12.3. The lowest BCUT2D eigenvalue weighted by Gasteiger charge is -2.08. The predicted octanol–water partition coefficient (Wildman–Crippen LogP) is 1.65. The van der Waals surface area contributed by atoms with Gasteiger partial charge in [0.25, 0.3) is 5.91 Å². The fourth-order valence-corrected chi connectivity index (χ4v) is 2.52. The maximum Gasteiger partial charge on any atom is 0.325 e. The van der Waals surface area contributed by atoms with Crippen molar-refractivity contribution in [3.8, 4) is 5.75 Å². The van der Waals surface area contributed by atoms with Gasteiger partial charge in [-0.25, -0.2) is 0 Å². The first-order valence-corrected chi connectivity index (χ1v) is 9.81. The summed E-state index contributed by atoms with van der Waals surface area (Å²) in [6.45, 7) is -0.0307. The van der Waals surface area contributed by atoms with E-state index in [9.17, 15) is 24.0 Å². The first kappa shape index (κ1) is 23.7. The van der Waals surface area contributed by atoms with Crippen molar-refractivity contribution in [3.05, 3.63) is 64.1 Å². The van der Waals surface area contributed by atoms with E-state index in [1.165, 1.54) is 31.2 Å². The zero-order valence-electron chi connectivity index (χ0n) is 16.5. The lowest BCUT2D eigenvalue weighted by Crippen LogP contribution is -2.39. The molecular weight excluding hydrogens is 472 g/mol. The third kappa shape index (κ3) is 8.39. The molecule has 0 radical (unpaired) electrons. The van der Waals surface area contributed by atoms with E-state index in [1.54, 1.807) is 24.3 Å². The highest BCUT2D eigenvalue weighted by atomic mass is 79.9. The Hall–Kier alpha value is -3.53. The van der Waals surface area contributed by atoms with Crippen LogP contribution >= 0.6 is 15.9 Å². The van der Waals surface area contributed by atoms with Gasteiger partial charge in [0.2, 0.25) is 5.91 Å². The number of nitrogens with one attached hydrogen (secondary N) is 2. The maximum absolute atomic E-state index is 12.0. The molecule has 0 aliphatic heterocycles. The van der Waals surface area contributed by atoms with Crippen LogP contribution in [-0.2, 0) is 19.1 Å². The number of esters is 2. The molecule has 0 aliphatic carbocycles. The summed E-state index contributed by atoms with van der Waals surface area (Å²) in [5, 5.41) is 4.72. The molecule has 2 aromatic rings. The van der Waals surface area contributed by atoms with Gasteiger partial charge in [0.05, 0.1) is 6.54 Å². The van der Waals surface area contributed by atoms with Crippen LogP contribution in [0.2, 0.25) is 0 Å². The molecule has 0 aliphatic rings. The molecule has 0 unspecified atom stereocenters. The summed E-state index contributed by atoms with van der Waals surface area (Å²) in [5.74, 6) is -2.49. The van der Waals surface area contributed by atoms with Crippen molar-refractivity contribution < 1.29 is 33.4 Å². The minimum Gasteiger partial charge on any atom is -0.456 e. The molecule has 2 aromatic carbocycles. The van der Waals surface area contributed by atoms with Crippen LogP contribution < -0.4 is 15.4 Å². The number of hydrogen-bond acceptors (Lipinski definition) is 7. The standard InChI is InChI=1S/C21H19BrN2O7/c1-13(25)31-17-8-4-14(5-9-17)18(26)12-30-20(28)11-23-19(27)10-24-21(29)15-2-6-16(22)7-3-15/h2-9H,10-12H2,1H3,(H,23,27)(H,24,29). The van der Waals surface area contributed by atoms with Crippen LogP contribution in [0.1, 0.15) is 27.6 Å². The number of ketones is 1. The Morgan fingerprint density at radius 1 is 0.839 bits per heavy atom. The van der Waals surface area contributed by atoms with Crippen LogP contribution in [0.25, 0.3) is 0 Å². The van der Waals surface area contributed by atoms with E-state index in [0.29, 0.717) is 5.56 Å². The second-order valence-electron chi connectivity index (χ2n) is 6.17. The van der Waals surface area contributed by atoms with Crippen LogP contribution in [-0.4, -0.2) is 49.2 Å². The minimum absolute atomic E-state index is 0.267. The average molecular weight is 491 g/mol. The van der Waals surface area contributed by atoms with Gasteiger partial charge < -0.3 is 20.1 Å². The molecule has 31 heavy (non-hydrogen) atoms. The van der Waals surface area contributed by atoms with Crippen molar-refractivity contribution in [1.82, 2.24) is 10.6 Å². The van der Waals surface area contributed by atoms with E-state index in [1.807, 2.05) is 0 Å². The van der Waals surface area contributed by atoms with Gasteiger partial charge in [-0.2, -0.15) is 0 Å². The molecule has 162 valence electrons. The third-order valence-electron chi connectivity index (χ3n) is 3.75. The molecule has 0 bridgehead atoms. The van der Waals surface area contributed by atoms with Gasteiger partial charge in [-0.3, -0.25) is 24.0 Å². The maximum atomic E-state index is 12.0. The Bertz CT molecular complexity index is 972. The SMILES string of the molecule is CC(=O)Oc1ccc(C(=O)COC(=O)CNC(=O)CNC(=O)c2ccc(Br)cc2)cc1. The van der Waals surface area contributed by atoms with Crippen molar-refractivity contribution in [2.75, 3.05) is 19.7 Å². The fourth-order valence-electron chi connectivity index (χ4n) is 2.25. The van der Waals surface area contributed by atoms with Gasteiger partial charge in [0.1, 0.15) is 12.3 Å². The van der Waals surface area contributed by atoms with E-state index >= 15 is 0 Å². The highest BCUT2D eigenvalue weighted by molar-refractivity contribution is 9.10. The van der Waals surface area contributed by atoms with Gasteiger partial charge in [0, 0.05) is 22.5 Å². The number of amides is 2. The molecule has 0 heterocycles. The van der Waals surface area contributed by atoms with Gasteiger partial charge in [-0.15, -0.1) is 0 Å². The number of carbonyl (C=O) groups is 5. The van der Waals surface area contributed by atoms with Crippen LogP contribution in [0.15, 0.2) is 53.0 Å². The average Bonchev–Trinajstić information content (AvgIpc) is 2.75. The summed E-state index contributed by atoms with van der Waals surface area (Å²) in [7, 11) is 0. The van der Waals surface area contributed by atoms with Crippen LogP contribution in [0.4, 0.5) is 0 Å². The van der Waals surface area contributed by atoms with Gasteiger partial charge in [-0.1, -0.05) is 15.9 Å². The van der Waals surface area contributed by atoms with E-state index in [-0.39, 0.29) is 17.9 Å². The summed E-state index contributed by atoms with van der Waals surface area (Å²) in [5.41, 5.74) is 0.651. The third-order valence-corrected chi connectivity index (χ3v) is 4.28. The first-order valence-electron chi connectivity index (χ1n) is 9.02. The van der Waals surface area contributed by atoms with E-state index in [4.69, 9.17) is 9.47 Å². The summed E-state index contributed by atoms with van der Waals surface area (Å²) < 4.78 is 10.5. The summed E-state index contributed by atoms with van der Waals surface area (Å²) in [6.07, 6.45) is 0. The molecule has 0 spiro atoms. The zero-order chi connectivity index (χ0) is 22.8. The Morgan fingerprint density at radius 2 is 1.45 bits per heavy atom. The van der Waals surface area contributed by atoms with Crippen LogP contribution in [0.3, 0.4) is 0 Å². The Balaban J connectivity index is 1.68. The molecule has 0 saturated carbocycles. The molecule has 10 heteroatoms. The number of halogens is 1. The molecular formula is C21H19BrN2O7. The Labute approximate surface area is 186 Å². The number of benzene rings is 2. The second kappa shape index (κ2) is 11.6. The van der Waals surface area contributed by atoms with Crippen LogP contribution in [0.5, 0.6) is 5.75 Å². The summed E-state index contributed by atoms with van der Waals surface area (Å²) >= 11 is 3.26. The topological polar surface area (TPSA) is 128 Å². The molecule has 2 N–H and O–H groups in total. The fraction of sp³-hybridized carbons (Fsp3) is 0.190. The zero-order valence-corrected chi connectivity index (χ0v) is 18.1. The van der Waals surface area contributed by atoms with Gasteiger partial charge in [-0.05, 0) is 48.5 Å². The van der Waals surface area contributed by atoms with Gasteiger partial charge >= 0.3 is 11.9 Å². The van der Waals surface area contributed by atoms with Crippen molar-refractivity contribution >= 4 is 45.5 Å². The highest BCUT2D eigenvalue weighted by Crippen LogP contribution is 2.13. The smallest absolute Gasteiger partial charge is 0.325 e. The van der Waals surface area contributed by atoms with E-state index < -0.39 is 42.7 Å². The van der Waals surface area contributed by atoms with Gasteiger partial charge in [0.15, 0.2) is 12.4 Å². The van der Waals surface area contributed by atoms with E-state index in [0.717, 1.165) is 4.47 Å². The number of Topliss-reactive ketones (excluding diaryl/α,β-unsaturated/α-hetero) is 1. The normalized spacial score (nSPS) is 10.0. The Morgan fingerprint density at radius 3 is 2.06 bits per heavy atom. The number of rotatable bonds is 9. The molecule has 0 fully saturated rings. The van der Waals surface area contributed by atoms with E-state index in [2.05, 4.69) is 26.6 Å². The molecule has 0 saturated heterocycles. The largest absolute Gasteiger partial charge is 0.456 e. The first-order chi connectivity index (χ1) is 14.7. The predicted molar refractivity (Wildman–Crippen MR) is 113 cm³/mol. The van der Waals surface area contributed by atoms with Crippen LogP contribution in [0, 0.1) is 0 Å². The number of ether oxygens (including phenoxy) is 2. The highest BCUT2D eigenvalue weighted by Gasteiger charge is 2.13. The molecule has 9 nitrogen and oxygen atoms in total. The second-order valence-corrected chi connectivity index (χ2v) is 7.08. The lowest BCUT2D eigenvalue weighted by atomic mass is 10.1. The molecule has 0 aromatic heterocycles. The van der Waals surface area contributed by atoms with Crippen molar-refractivity contribution in [2.24, 2.45) is 0 Å². The quantitative estimate of drug-likeness (QED) is 0.310. The molecule has 2 amide bonds. The number of hydrogen-bond donors (Lipinski definition) is 2. The van der Waals surface area contributed by atoms with Crippen molar-refractivity contribution in [3.63, 3.8) is 0 Å². The monoisotopic (exact) mass is 490 g/mol. The molecule has 2 rings (SSSR count). The van der Waals surface area contributed by atoms with Crippen molar-refractivity contribution in [2.45, 2.75) is 6.92 Å². The number of carbonyl (C=O) groups excluding carboxylic acids is 5.